The van der Waals surface area contributed by atoms with Crippen LogP contribution in [0.5, 0.6) is 5.75 Å². The van der Waals surface area contributed by atoms with E-state index in [0.717, 1.165) is 31.8 Å². The Bertz CT molecular complexity index is 699. The molecule has 0 saturated carbocycles. The molecule has 1 aliphatic heterocycles. The van der Waals surface area contributed by atoms with Gasteiger partial charge in [-0.3, -0.25) is 4.79 Å². The maximum absolute atomic E-state index is 11.7. The van der Waals surface area contributed by atoms with Gasteiger partial charge in [-0.15, -0.1) is 0 Å². The number of rotatable bonds is 6. The van der Waals surface area contributed by atoms with Gasteiger partial charge in [0.25, 0.3) is 0 Å². The minimum absolute atomic E-state index is 0.290. The van der Waals surface area contributed by atoms with Crippen molar-refractivity contribution in [3.63, 3.8) is 0 Å². The van der Waals surface area contributed by atoms with Crippen LogP contribution in [0.4, 0.5) is 0 Å². The zero-order valence-corrected chi connectivity index (χ0v) is 13.8. The first-order valence-corrected chi connectivity index (χ1v) is 8.23. The first kappa shape index (κ1) is 15.8. The zero-order chi connectivity index (χ0) is 16.2. The van der Waals surface area contributed by atoms with Crippen LogP contribution in [0.1, 0.15) is 25.3 Å². The highest BCUT2D eigenvalue weighted by Gasteiger charge is 2.21. The number of hydrogen-bond donors (Lipinski definition) is 1. The van der Waals surface area contributed by atoms with E-state index in [0.29, 0.717) is 18.4 Å². The largest absolute Gasteiger partial charge is 0.497 e. The molecule has 1 saturated heterocycles. The Kier molecular flexibility index (Phi) is 4.82. The number of likely N-dealkylation sites (tertiary alicyclic amines) is 1. The molecule has 2 aromatic carbocycles. The van der Waals surface area contributed by atoms with E-state index in [4.69, 9.17) is 4.74 Å². The highest BCUT2D eigenvalue weighted by atomic mass is 16.5. The van der Waals surface area contributed by atoms with Gasteiger partial charge in [0, 0.05) is 32.1 Å². The molecule has 1 N–H and O–H groups in total. The second-order valence-electron chi connectivity index (χ2n) is 6.27. The van der Waals surface area contributed by atoms with Crippen molar-refractivity contribution in [2.45, 2.75) is 32.4 Å². The predicted octanol–water partition coefficient (Wildman–Crippen LogP) is 2.95. The van der Waals surface area contributed by atoms with Gasteiger partial charge in [-0.25, -0.2) is 0 Å². The first-order valence-electron chi connectivity index (χ1n) is 8.23. The molecule has 1 aliphatic rings. The summed E-state index contributed by atoms with van der Waals surface area (Å²) in [4.78, 5) is 13.6. The molecular weight excluding hydrogens is 288 g/mol. The fourth-order valence-corrected chi connectivity index (χ4v) is 3.09. The smallest absolute Gasteiger partial charge is 0.222 e. The number of carbonyl (C=O) groups is 1. The number of carbonyl (C=O) groups excluding carboxylic acids is 1. The molecule has 0 aromatic heterocycles. The van der Waals surface area contributed by atoms with E-state index in [1.165, 1.54) is 16.3 Å². The Morgan fingerprint density at radius 3 is 2.74 bits per heavy atom. The normalized spacial score (nSPS) is 16.1. The molecule has 2 aromatic rings. The van der Waals surface area contributed by atoms with E-state index >= 15 is 0 Å². The van der Waals surface area contributed by atoms with Crippen LogP contribution < -0.4 is 10.1 Å². The molecule has 23 heavy (non-hydrogen) atoms. The molecule has 0 spiro atoms. The van der Waals surface area contributed by atoms with Crippen LogP contribution in [0.3, 0.4) is 0 Å². The average molecular weight is 312 g/mol. The lowest BCUT2D eigenvalue weighted by molar-refractivity contribution is -0.127. The molecule has 1 heterocycles. The second-order valence-corrected chi connectivity index (χ2v) is 6.27. The summed E-state index contributed by atoms with van der Waals surface area (Å²) in [6.45, 7) is 4.65. The van der Waals surface area contributed by atoms with Crippen LogP contribution in [0.15, 0.2) is 36.4 Å². The van der Waals surface area contributed by atoms with Gasteiger partial charge in [-0.2, -0.15) is 0 Å². The highest BCUT2D eigenvalue weighted by Crippen LogP contribution is 2.22. The maximum atomic E-state index is 11.7. The lowest BCUT2D eigenvalue weighted by Gasteiger charge is -2.21. The van der Waals surface area contributed by atoms with Crippen LogP contribution in [-0.4, -0.2) is 37.0 Å². The van der Waals surface area contributed by atoms with E-state index in [9.17, 15) is 4.79 Å². The minimum Gasteiger partial charge on any atom is -0.497 e. The number of benzene rings is 2. The van der Waals surface area contributed by atoms with Crippen LogP contribution >= 0.6 is 0 Å². The van der Waals surface area contributed by atoms with Gasteiger partial charge in [-0.1, -0.05) is 18.2 Å². The molecule has 1 amide bonds. The summed E-state index contributed by atoms with van der Waals surface area (Å²) in [6.07, 6.45) is 1.71. The summed E-state index contributed by atoms with van der Waals surface area (Å²) < 4.78 is 5.26. The van der Waals surface area contributed by atoms with Gasteiger partial charge in [0.2, 0.25) is 5.91 Å². The summed E-state index contributed by atoms with van der Waals surface area (Å²) in [5.41, 5.74) is 1.25. The number of amides is 1. The average Bonchev–Trinajstić information content (AvgIpc) is 2.97. The van der Waals surface area contributed by atoms with Crippen molar-refractivity contribution in [1.29, 1.82) is 0 Å². The molecule has 1 fully saturated rings. The lowest BCUT2D eigenvalue weighted by atomic mass is 10.1. The number of ether oxygens (including phenoxy) is 1. The molecule has 1 unspecified atom stereocenters. The van der Waals surface area contributed by atoms with Gasteiger partial charge in [-0.05, 0) is 47.9 Å². The number of nitrogens with one attached hydrogen (secondary N) is 1. The minimum atomic E-state index is 0.290. The Morgan fingerprint density at radius 1 is 1.22 bits per heavy atom. The molecule has 4 nitrogen and oxygen atoms in total. The summed E-state index contributed by atoms with van der Waals surface area (Å²) >= 11 is 0. The van der Waals surface area contributed by atoms with E-state index in [2.05, 4.69) is 36.5 Å². The van der Waals surface area contributed by atoms with Crippen molar-refractivity contribution in [2.24, 2.45) is 0 Å². The van der Waals surface area contributed by atoms with Gasteiger partial charge >= 0.3 is 0 Å². The molecule has 4 heteroatoms. The number of fused-ring (bicyclic) bond motifs is 1. The van der Waals surface area contributed by atoms with Crippen LogP contribution in [-0.2, 0) is 11.3 Å². The fourth-order valence-electron chi connectivity index (χ4n) is 3.09. The Morgan fingerprint density at radius 2 is 2.00 bits per heavy atom. The standard InChI is InChI=1S/C19H24N2O2/c1-14(13-21-9-3-4-19(21)22)20-12-15-5-6-17-11-18(23-2)8-7-16(17)10-15/h5-8,10-11,14,20H,3-4,9,12-13H2,1-2H3. The Labute approximate surface area is 137 Å². The van der Waals surface area contributed by atoms with Crippen LogP contribution in [0.2, 0.25) is 0 Å². The second kappa shape index (κ2) is 7.01. The number of nitrogens with zero attached hydrogens (tertiary/aromatic N) is 1. The zero-order valence-electron chi connectivity index (χ0n) is 13.8. The van der Waals surface area contributed by atoms with Crippen LogP contribution in [0.25, 0.3) is 10.8 Å². The maximum Gasteiger partial charge on any atom is 0.222 e. The van der Waals surface area contributed by atoms with Crippen LogP contribution in [0, 0.1) is 0 Å². The topological polar surface area (TPSA) is 41.6 Å². The third-order valence-corrected chi connectivity index (χ3v) is 4.43. The van der Waals surface area contributed by atoms with Crippen molar-refractivity contribution in [2.75, 3.05) is 20.2 Å². The summed E-state index contributed by atoms with van der Waals surface area (Å²) in [5.74, 6) is 1.17. The molecule has 0 aliphatic carbocycles. The third kappa shape index (κ3) is 3.82. The quantitative estimate of drug-likeness (QED) is 0.891. The monoisotopic (exact) mass is 312 g/mol. The SMILES string of the molecule is COc1ccc2cc(CNC(C)CN3CCCC3=O)ccc2c1. The van der Waals surface area contributed by atoms with Gasteiger partial charge in [0.05, 0.1) is 7.11 Å². The van der Waals surface area contributed by atoms with E-state index in [1.807, 2.05) is 17.0 Å². The molecule has 3 rings (SSSR count). The fraction of sp³-hybridized carbons (Fsp3) is 0.421. The highest BCUT2D eigenvalue weighted by molar-refractivity contribution is 5.84. The molecule has 0 radical (unpaired) electrons. The Balaban J connectivity index is 1.59. The summed E-state index contributed by atoms with van der Waals surface area (Å²) in [5, 5.41) is 5.91. The van der Waals surface area contributed by atoms with E-state index < -0.39 is 0 Å². The van der Waals surface area contributed by atoms with Crippen molar-refractivity contribution in [3.05, 3.63) is 42.0 Å². The van der Waals surface area contributed by atoms with Gasteiger partial charge in [0.1, 0.15) is 5.75 Å². The van der Waals surface area contributed by atoms with Crippen molar-refractivity contribution < 1.29 is 9.53 Å². The number of hydrogen-bond acceptors (Lipinski definition) is 3. The molecule has 0 bridgehead atoms. The molecule has 122 valence electrons. The van der Waals surface area contributed by atoms with Crippen molar-refractivity contribution in [1.82, 2.24) is 10.2 Å². The van der Waals surface area contributed by atoms with Crippen molar-refractivity contribution in [3.8, 4) is 5.75 Å². The van der Waals surface area contributed by atoms with E-state index in [-0.39, 0.29) is 0 Å². The van der Waals surface area contributed by atoms with E-state index in [1.54, 1.807) is 7.11 Å². The molecular formula is C19H24N2O2. The summed E-state index contributed by atoms with van der Waals surface area (Å²) in [7, 11) is 1.69. The summed E-state index contributed by atoms with van der Waals surface area (Å²) in [6, 6.07) is 12.9. The Hall–Kier alpha value is -2.07. The lowest BCUT2D eigenvalue weighted by Crippen LogP contribution is -2.39. The third-order valence-electron chi connectivity index (χ3n) is 4.43. The number of methoxy groups -OCH3 is 1. The van der Waals surface area contributed by atoms with Gasteiger partial charge in [0.15, 0.2) is 0 Å². The first-order chi connectivity index (χ1) is 11.2. The van der Waals surface area contributed by atoms with Gasteiger partial charge < -0.3 is 15.0 Å². The molecule has 1 atom stereocenters. The predicted molar refractivity (Wildman–Crippen MR) is 92.6 cm³/mol. The van der Waals surface area contributed by atoms with Crippen molar-refractivity contribution >= 4 is 16.7 Å².